The first-order valence-corrected chi connectivity index (χ1v) is 11.4. The van der Waals surface area contributed by atoms with Gasteiger partial charge in [0.15, 0.2) is 0 Å². The molecule has 172 valence electrons. The Hall–Kier alpha value is -3.10. The van der Waals surface area contributed by atoms with Gasteiger partial charge in [-0.25, -0.2) is 4.79 Å². The van der Waals surface area contributed by atoms with E-state index in [1.54, 1.807) is 30.3 Å². The van der Waals surface area contributed by atoms with Gasteiger partial charge in [-0.15, -0.1) is 0 Å². The van der Waals surface area contributed by atoms with E-state index in [0.717, 1.165) is 18.7 Å². The number of carbonyl (C=O) groups is 2. The van der Waals surface area contributed by atoms with Crippen molar-refractivity contribution >= 4 is 40.1 Å². The molecule has 0 aliphatic carbocycles. The zero-order valence-corrected chi connectivity index (χ0v) is 19.2. The van der Waals surface area contributed by atoms with Crippen molar-refractivity contribution in [1.29, 1.82) is 0 Å². The number of pyridine rings is 1. The fourth-order valence-electron chi connectivity index (χ4n) is 5.19. The Morgan fingerprint density at radius 2 is 2.03 bits per heavy atom. The molecule has 0 spiro atoms. The van der Waals surface area contributed by atoms with E-state index >= 15 is 0 Å². The summed E-state index contributed by atoms with van der Waals surface area (Å²) in [6.45, 7) is 3.96. The number of aromatic amines is 1. The molecule has 2 aromatic heterocycles. The Bertz CT molecular complexity index is 1310. The quantitative estimate of drug-likeness (QED) is 0.573. The van der Waals surface area contributed by atoms with E-state index in [4.69, 9.17) is 16.3 Å². The maximum atomic E-state index is 13.3. The number of benzene rings is 1. The molecule has 0 saturated carbocycles. The lowest BCUT2D eigenvalue weighted by atomic mass is 9.82. The van der Waals surface area contributed by atoms with E-state index < -0.39 is 12.0 Å². The number of fused-ring (bicyclic) bond motifs is 5. The van der Waals surface area contributed by atoms with Gasteiger partial charge in [0, 0.05) is 53.2 Å². The van der Waals surface area contributed by atoms with Gasteiger partial charge in [-0.05, 0) is 43.5 Å². The van der Waals surface area contributed by atoms with E-state index in [2.05, 4.69) is 15.2 Å². The van der Waals surface area contributed by atoms with Crippen LogP contribution in [0.4, 0.5) is 5.69 Å². The van der Waals surface area contributed by atoms with Crippen molar-refractivity contribution < 1.29 is 14.3 Å². The third kappa shape index (κ3) is 3.83. The van der Waals surface area contributed by atoms with E-state index in [1.165, 1.54) is 7.11 Å². The van der Waals surface area contributed by atoms with Gasteiger partial charge in [0.1, 0.15) is 5.69 Å². The summed E-state index contributed by atoms with van der Waals surface area (Å²) in [5.41, 5.74) is 2.30. The zero-order chi connectivity index (χ0) is 23.3. The molecule has 5 rings (SSSR count). The average molecular weight is 469 g/mol. The maximum absolute atomic E-state index is 13.3. The number of H-pyrrole nitrogens is 1. The monoisotopic (exact) mass is 468 g/mol. The lowest BCUT2D eigenvalue weighted by Gasteiger charge is -2.44. The number of likely N-dealkylation sites (tertiary alicyclic amines) is 1. The number of carbonyl (C=O) groups excluding carboxylic acids is 2. The van der Waals surface area contributed by atoms with Crippen molar-refractivity contribution in [3.8, 4) is 0 Å². The second-order valence-electron chi connectivity index (χ2n) is 8.87. The molecule has 0 radical (unpaired) electrons. The van der Waals surface area contributed by atoms with Gasteiger partial charge in [0.05, 0.1) is 18.8 Å². The molecule has 9 heteroatoms. The average Bonchev–Trinajstić information content (AvgIpc) is 3.16. The first-order chi connectivity index (χ1) is 15.9. The Morgan fingerprint density at radius 1 is 1.21 bits per heavy atom. The summed E-state index contributed by atoms with van der Waals surface area (Å²) in [7, 11) is 1.30. The molecule has 0 unspecified atom stereocenters. The van der Waals surface area contributed by atoms with Crippen LogP contribution in [-0.2, 0) is 16.1 Å². The summed E-state index contributed by atoms with van der Waals surface area (Å²) in [6.07, 6.45) is 1.02. The van der Waals surface area contributed by atoms with Crippen LogP contribution in [0.25, 0.3) is 10.9 Å². The van der Waals surface area contributed by atoms with E-state index in [1.807, 2.05) is 17.6 Å². The van der Waals surface area contributed by atoms with Crippen molar-refractivity contribution in [1.82, 2.24) is 14.5 Å². The molecule has 3 aromatic rings. The van der Waals surface area contributed by atoms with Crippen LogP contribution in [0, 0.1) is 5.92 Å². The van der Waals surface area contributed by atoms with Gasteiger partial charge >= 0.3 is 5.97 Å². The molecular formula is C24H25ClN4O4. The summed E-state index contributed by atoms with van der Waals surface area (Å²) in [6, 6.07) is 10.2. The molecule has 2 N–H and O–H groups in total. The number of rotatable bonds is 4. The number of piperidine rings is 1. The largest absolute Gasteiger partial charge is 0.464 e. The molecule has 3 atom stereocenters. The van der Waals surface area contributed by atoms with Gasteiger partial charge in [0.25, 0.3) is 5.56 Å². The number of anilines is 1. The molecule has 2 aliphatic rings. The number of ether oxygens (including phenoxy) is 1. The van der Waals surface area contributed by atoms with E-state index in [0.29, 0.717) is 40.6 Å². The lowest BCUT2D eigenvalue weighted by Crippen LogP contribution is -2.52. The lowest BCUT2D eigenvalue weighted by molar-refractivity contribution is -0.121. The van der Waals surface area contributed by atoms with Gasteiger partial charge in [0.2, 0.25) is 5.91 Å². The summed E-state index contributed by atoms with van der Waals surface area (Å²) in [4.78, 5) is 43.1. The van der Waals surface area contributed by atoms with Crippen LogP contribution >= 0.6 is 11.6 Å². The molecule has 33 heavy (non-hydrogen) atoms. The number of aromatic nitrogens is 2. The van der Waals surface area contributed by atoms with Crippen LogP contribution in [-0.4, -0.2) is 52.6 Å². The van der Waals surface area contributed by atoms with Crippen molar-refractivity contribution in [2.75, 3.05) is 25.5 Å². The van der Waals surface area contributed by atoms with Crippen molar-refractivity contribution in [2.45, 2.75) is 31.8 Å². The number of hydrogen-bond donors (Lipinski definition) is 2. The number of halogens is 1. The van der Waals surface area contributed by atoms with Crippen LogP contribution in [0.15, 0.2) is 41.2 Å². The number of nitrogens with one attached hydrogen (secondary N) is 2. The predicted octanol–water partition coefficient (Wildman–Crippen LogP) is 3.22. The van der Waals surface area contributed by atoms with Crippen LogP contribution < -0.4 is 10.9 Å². The number of nitrogens with zero attached hydrogens (tertiary/aromatic N) is 2. The van der Waals surface area contributed by atoms with Crippen LogP contribution in [0.1, 0.15) is 35.4 Å². The summed E-state index contributed by atoms with van der Waals surface area (Å²) in [5.74, 6) is -0.269. The molecule has 1 fully saturated rings. The van der Waals surface area contributed by atoms with Gasteiger partial charge in [-0.2, -0.15) is 0 Å². The summed E-state index contributed by atoms with van der Waals surface area (Å²) >= 11 is 6.17. The Labute approximate surface area is 195 Å². The SMILES string of the molecule is COC(=O)c1[nH]c2ccc(Cl)cc2c1NC(=O)[C@H](C)N1C[C@H]2C[C@H](C1)c1cccc(=O)n1C2. The highest BCUT2D eigenvalue weighted by Gasteiger charge is 2.37. The molecular weight excluding hydrogens is 444 g/mol. The molecule has 8 nitrogen and oxygen atoms in total. The molecule has 1 amide bonds. The molecule has 4 heterocycles. The third-order valence-electron chi connectivity index (χ3n) is 6.83. The second kappa shape index (κ2) is 8.35. The van der Waals surface area contributed by atoms with Gasteiger partial charge < -0.3 is 19.6 Å². The van der Waals surface area contributed by atoms with Crippen molar-refractivity contribution in [2.24, 2.45) is 5.92 Å². The first kappa shape index (κ1) is 21.7. The number of hydrogen-bond acceptors (Lipinski definition) is 5. The standard InChI is InChI=1S/C24H25ClN4O4/c1-13(28-10-14-8-15(12-28)19-4-3-5-20(30)29(19)11-14)23(31)27-21-17-9-16(25)6-7-18(17)26-22(21)24(32)33-2/h3-7,9,13-15,26H,8,10-12H2,1-2H3,(H,27,31)/t13-,14+,15+/m0/s1. The zero-order valence-electron chi connectivity index (χ0n) is 18.4. The van der Waals surface area contributed by atoms with Crippen LogP contribution in [0.5, 0.6) is 0 Å². The second-order valence-corrected chi connectivity index (χ2v) is 9.31. The Balaban J connectivity index is 1.40. The highest BCUT2D eigenvalue weighted by atomic mass is 35.5. The minimum absolute atomic E-state index is 0.0368. The topological polar surface area (TPSA) is 96.4 Å². The summed E-state index contributed by atoms with van der Waals surface area (Å²) in [5, 5.41) is 4.09. The van der Waals surface area contributed by atoms with Crippen molar-refractivity contribution in [3.05, 3.63) is 63.2 Å². The molecule has 2 aliphatic heterocycles. The van der Waals surface area contributed by atoms with Crippen LogP contribution in [0.2, 0.25) is 5.02 Å². The number of amides is 1. The third-order valence-corrected chi connectivity index (χ3v) is 7.07. The first-order valence-electron chi connectivity index (χ1n) is 11.0. The van der Waals surface area contributed by atoms with Gasteiger partial charge in [-0.1, -0.05) is 17.7 Å². The number of esters is 1. The van der Waals surface area contributed by atoms with Crippen molar-refractivity contribution in [3.63, 3.8) is 0 Å². The van der Waals surface area contributed by atoms with Crippen LogP contribution in [0.3, 0.4) is 0 Å². The minimum Gasteiger partial charge on any atom is -0.464 e. The smallest absolute Gasteiger partial charge is 0.356 e. The molecule has 2 bridgehead atoms. The predicted molar refractivity (Wildman–Crippen MR) is 126 cm³/mol. The van der Waals surface area contributed by atoms with E-state index in [9.17, 15) is 14.4 Å². The molecule has 1 saturated heterocycles. The fraction of sp³-hybridized carbons (Fsp3) is 0.375. The summed E-state index contributed by atoms with van der Waals surface area (Å²) < 4.78 is 6.77. The molecule has 1 aromatic carbocycles. The fourth-order valence-corrected chi connectivity index (χ4v) is 5.36. The normalized spacial score (nSPS) is 20.8. The Morgan fingerprint density at radius 3 is 2.82 bits per heavy atom. The minimum atomic E-state index is -0.570. The van der Waals surface area contributed by atoms with E-state index in [-0.39, 0.29) is 23.1 Å². The number of methoxy groups -OCH3 is 1. The van der Waals surface area contributed by atoms with Gasteiger partial charge in [-0.3, -0.25) is 14.5 Å². The highest BCUT2D eigenvalue weighted by molar-refractivity contribution is 6.31. The Kier molecular flexibility index (Phi) is 5.50. The maximum Gasteiger partial charge on any atom is 0.356 e. The highest BCUT2D eigenvalue weighted by Crippen LogP contribution is 2.36.